The van der Waals surface area contributed by atoms with E-state index < -0.39 is 0 Å². The molecule has 122 valence electrons. The summed E-state index contributed by atoms with van der Waals surface area (Å²) in [6.07, 6.45) is 3.40. The predicted molar refractivity (Wildman–Crippen MR) is 90.4 cm³/mol. The molecule has 0 aromatic heterocycles. The van der Waals surface area contributed by atoms with Gasteiger partial charge in [0.1, 0.15) is 5.75 Å². The van der Waals surface area contributed by atoms with Crippen LogP contribution in [-0.2, 0) is 4.79 Å². The van der Waals surface area contributed by atoms with Gasteiger partial charge in [-0.25, -0.2) is 0 Å². The van der Waals surface area contributed by atoms with E-state index in [2.05, 4.69) is 39.8 Å². The maximum absolute atomic E-state index is 12.6. The summed E-state index contributed by atoms with van der Waals surface area (Å²) in [5, 5.41) is 0. The number of piperidine rings is 1. The van der Waals surface area contributed by atoms with Gasteiger partial charge in [0, 0.05) is 12.1 Å². The van der Waals surface area contributed by atoms with Gasteiger partial charge in [0.15, 0.2) is 6.61 Å². The van der Waals surface area contributed by atoms with Crippen molar-refractivity contribution in [3.05, 3.63) is 29.3 Å². The lowest BCUT2D eigenvalue weighted by atomic mass is 9.97. The molecule has 1 aliphatic heterocycles. The Hall–Kier alpha value is -1.51. The molecule has 2 rings (SSSR count). The van der Waals surface area contributed by atoms with Crippen molar-refractivity contribution in [2.24, 2.45) is 0 Å². The van der Waals surface area contributed by atoms with E-state index in [1.54, 1.807) is 0 Å². The summed E-state index contributed by atoms with van der Waals surface area (Å²) in [5.41, 5.74) is 2.32. The van der Waals surface area contributed by atoms with Gasteiger partial charge in [-0.1, -0.05) is 26.0 Å². The molecular formula is C19H29NO2. The summed E-state index contributed by atoms with van der Waals surface area (Å²) in [7, 11) is 0. The van der Waals surface area contributed by atoms with Gasteiger partial charge in [0.25, 0.3) is 5.91 Å². The molecule has 0 bridgehead atoms. The third-order valence-corrected chi connectivity index (χ3v) is 4.62. The van der Waals surface area contributed by atoms with Crippen LogP contribution in [0.3, 0.4) is 0 Å². The Kier molecular flexibility index (Phi) is 5.49. The Morgan fingerprint density at radius 2 is 1.91 bits per heavy atom. The van der Waals surface area contributed by atoms with E-state index in [0.29, 0.717) is 18.0 Å². The smallest absolute Gasteiger partial charge is 0.260 e. The predicted octanol–water partition coefficient (Wildman–Crippen LogP) is 4.29. The minimum absolute atomic E-state index is 0.107. The van der Waals surface area contributed by atoms with Crippen LogP contribution in [-0.4, -0.2) is 29.5 Å². The van der Waals surface area contributed by atoms with Gasteiger partial charge in [-0.15, -0.1) is 0 Å². The minimum Gasteiger partial charge on any atom is -0.483 e. The Bertz CT molecular complexity index is 514. The van der Waals surface area contributed by atoms with Crippen LogP contribution in [0.2, 0.25) is 0 Å². The molecule has 0 aliphatic carbocycles. The van der Waals surface area contributed by atoms with Crippen LogP contribution in [0.15, 0.2) is 18.2 Å². The molecule has 1 aliphatic rings. The average Bonchev–Trinajstić information content (AvgIpc) is 2.44. The van der Waals surface area contributed by atoms with Gasteiger partial charge in [-0.3, -0.25) is 4.79 Å². The van der Waals surface area contributed by atoms with Crippen LogP contribution < -0.4 is 4.74 Å². The molecule has 1 amide bonds. The second-order valence-corrected chi connectivity index (χ2v) is 6.91. The van der Waals surface area contributed by atoms with Gasteiger partial charge < -0.3 is 9.64 Å². The van der Waals surface area contributed by atoms with Crippen molar-refractivity contribution < 1.29 is 9.53 Å². The average molecular weight is 303 g/mol. The lowest BCUT2D eigenvalue weighted by Crippen LogP contribution is -2.49. The number of carbonyl (C=O) groups excluding carboxylic acids is 1. The molecule has 1 saturated heterocycles. The number of hydrogen-bond donors (Lipinski definition) is 0. The van der Waals surface area contributed by atoms with E-state index in [-0.39, 0.29) is 12.5 Å². The third kappa shape index (κ3) is 3.82. The maximum Gasteiger partial charge on any atom is 0.260 e. The third-order valence-electron chi connectivity index (χ3n) is 4.62. The van der Waals surface area contributed by atoms with E-state index in [1.165, 1.54) is 6.42 Å². The first-order chi connectivity index (χ1) is 10.4. The van der Waals surface area contributed by atoms with Crippen molar-refractivity contribution in [1.29, 1.82) is 0 Å². The number of hydrogen-bond acceptors (Lipinski definition) is 2. The molecule has 1 aromatic rings. The minimum atomic E-state index is 0.107. The highest BCUT2D eigenvalue weighted by molar-refractivity contribution is 5.78. The number of likely N-dealkylation sites (tertiary alicyclic amines) is 1. The summed E-state index contributed by atoms with van der Waals surface area (Å²) < 4.78 is 5.90. The molecule has 1 aromatic carbocycles. The van der Waals surface area contributed by atoms with Crippen LogP contribution in [0.4, 0.5) is 0 Å². The molecule has 0 radical (unpaired) electrons. The molecule has 2 unspecified atom stereocenters. The molecular weight excluding hydrogens is 274 g/mol. The zero-order chi connectivity index (χ0) is 16.3. The first kappa shape index (κ1) is 16.9. The van der Waals surface area contributed by atoms with Crippen LogP contribution in [0.25, 0.3) is 0 Å². The fraction of sp³-hybridized carbons (Fsp3) is 0.632. The fourth-order valence-corrected chi connectivity index (χ4v) is 3.37. The Morgan fingerprint density at radius 1 is 1.27 bits per heavy atom. The molecule has 0 N–H and O–H groups in total. The van der Waals surface area contributed by atoms with Gasteiger partial charge in [0.05, 0.1) is 0 Å². The van der Waals surface area contributed by atoms with Gasteiger partial charge in [0.2, 0.25) is 0 Å². The van der Waals surface area contributed by atoms with Crippen LogP contribution in [0.1, 0.15) is 64.0 Å². The van der Waals surface area contributed by atoms with Crippen molar-refractivity contribution in [2.45, 2.75) is 71.9 Å². The van der Waals surface area contributed by atoms with Crippen molar-refractivity contribution in [1.82, 2.24) is 4.90 Å². The number of benzene rings is 1. The highest BCUT2D eigenvalue weighted by Crippen LogP contribution is 2.28. The lowest BCUT2D eigenvalue weighted by molar-refractivity contribution is -0.139. The largest absolute Gasteiger partial charge is 0.483 e. The van der Waals surface area contributed by atoms with Crippen molar-refractivity contribution in [2.75, 3.05) is 6.61 Å². The van der Waals surface area contributed by atoms with E-state index >= 15 is 0 Å². The Balaban J connectivity index is 2.06. The normalized spacial score (nSPS) is 22.0. The van der Waals surface area contributed by atoms with Crippen LogP contribution in [0, 0.1) is 6.92 Å². The van der Waals surface area contributed by atoms with Crippen molar-refractivity contribution in [3.63, 3.8) is 0 Å². The number of rotatable bonds is 4. The summed E-state index contributed by atoms with van der Waals surface area (Å²) in [5.74, 6) is 1.34. The standard InChI is InChI=1S/C19H29NO2/c1-13(2)17-10-9-14(3)11-18(17)22-12-19(21)20-15(4)7-6-8-16(20)5/h9-11,13,15-16H,6-8,12H2,1-5H3. The Morgan fingerprint density at radius 3 is 2.50 bits per heavy atom. The monoisotopic (exact) mass is 303 g/mol. The quantitative estimate of drug-likeness (QED) is 0.830. The van der Waals surface area contributed by atoms with Gasteiger partial charge in [-0.2, -0.15) is 0 Å². The zero-order valence-corrected chi connectivity index (χ0v) is 14.6. The van der Waals surface area contributed by atoms with E-state index in [1.807, 2.05) is 17.9 Å². The SMILES string of the molecule is Cc1ccc(C(C)C)c(OCC(=O)N2C(C)CCCC2C)c1. The van der Waals surface area contributed by atoms with Crippen LogP contribution >= 0.6 is 0 Å². The second-order valence-electron chi connectivity index (χ2n) is 6.91. The number of amides is 1. The van der Waals surface area contributed by atoms with Gasteiger partial charge >= 0.3 is 0 Å². The molecule has 0 spiro atoms. The second kappa shape index (κ2) is 7.17. The van der Waals surface area contributed by atoms with Gasteiger partial charge in [-0.05, 0) is 63.1 Å². The van der Waals surface area contributed by atoms with Crippen molar-refractivity contribution >= 4 is 5.91 Å². The first-order valence-corrected chi connectivity index (χ1v) is 8.44. The highest BCUT2D eigenvalue weighted by Gasteiger charge is 2.29. The topological polar surface area (TPSA) is 29.5 Å². The number of aryl methyl sites for hydroxylation is 1. The molecule has 3 nitrogen and oxygen atoms in total. The highest BCUT2D eigenvalue weighted by atomic mass is 16.5. The lowest BCUT2D eigenvalue weighted by Gasteiger charge is -2.39. The molecule has 22 heavy (non-hydrogen) atoms. The summed E-state index contributed by atoms with van der Waals surface area (Å²) in [4.78, 5) is 14.6. The Labute approximate surface area is 134 Å². The first-order valence-electron chi connectivity index (χ1n) is 8.44. The summed E-state index contributed by atoms with van der Waals surface area (Å²) in [6, 6.07) is 6.88. The van der Waals surface area contributed by atoms with Crippen molar-refractivity contribution in [3.8, 4) is 5.75 Å². The molecule has 3 heteroatoms. The summed E-state index contributed by atoms with van der Waals surface area (Å²) in [6.45, 7) is 10.8. The maximum atomic E-state index is 12.6. The molecule has 0 saturated carbocycles. The van der Waals surface area contributed by atoms with E-state index in [4.69, 9.17) is 4.74 Å². The zero-order valence-electron chi connectivity index (χ0n) is 14.6. The molecule has 2 atom stereocenters. The van der Waals surface area contributed by atoms with E-state index in [0.717, 1.165) is 29.7 Å². The molecule has 1 heterocycles. The fourth-order valence-electron chi connectivity index (χ4n) is 3.37. The summed E-state index contributed by atoms with van der Waals surface area (Å²) >= 11 is 0. The van der Waals surface area contributed by atoms with Crippen LogP contribution in [0.5, 0.6) is 5.75 Å². The molecule has 1 fully saturated rings. The number of carbonyl (C=O) groups is 1. The number of nitrogens with zero attached hydrogens (tertiary/aromatic N) is 1. The number of ether oxygens (including phenoxy) is 1. The van der Waals surface area contributed by atoms with E-state index in [9.17, 15) is 4.79 Å².